The average Bonchev–Trinajstić information content (AvgIpc) is 3.90. The van der Waals surface area contributed by atoms with Gasteiger partial charge in [-0.05, 0) is 48.5 Å². The van der Waals surface area contributed by atoms with Crippen molar-refractivity contribution in [3.05, 3.63) is 158 Å². The van der Waals surface area contributed by atoms with Crippen LogP contribution in [0.2, 0.25) is 0 Å². The molecule has 0 atom stereocenters. The van der Waals surface area contributed by atoms with Gasteiger partial charge in [-0.25, -0.2) is 15.0 Å². The minimum absolute atomic E-state index is 0.0149. The van der Waals surface area contributed by atoms with Gasteiger partial charge in [-0.2, -0.15) is 0 Å². The van der Waals surface area contributed by atoms with Crippen molar-refractivity contribution in [2.45, 2.75) is 0 Å². The Kier molecular flexibility index (Phi) is 5.08. The molecule has 0 radical (unpaired) electrons. The third-order valence-corrected chi connectivity index (χ3v) is 10.7. The van der Waals surface area contributed by atoms with Gasteiger partial charge in [0.1, 0.15) is 11.2 Å². The maximum Gasteiger partial charge on any atom is 0.164 e. The Morgan fingerprint density at radius 1 is 0.471 bits per heavy atom. The van der Waals surface area contributed by atoms with Crippen LogP contribution in [0.15, 0.2) is 162 Å². The van der Waals surface area contributed by atoms with E-state index in [9.17, 15) is 0 Å². The van der Waals surface area contributed by atoms with Gasteiger partial charge in [0.05, 0.1) is 17.9 Å². The second-order valence-electron chi connectivity index (χ2n) is 12.5. The molecule has 0 bridgehead atoms. The molecule has 11 aromatic rings. The van der Waals surface area contributed by atoms with E-state index in [1.54, 1.807) is 11.3 Å². The molecule has 0 amide bonds. The quantitative estimate of drug-likeness (QED) is 0.186. The molecule has 238 valence electrons. The van der Waals surface area contributed by atoms with Gasteiger partial charge in [-0.1, -0.05) is 109 Å². The highest BCUT2D eigenvalue weighted by Crippen LogP contribution is 2.39. The number of hydrogen-bond acceptors (Lipinski definition) is 5. The van der Waals surface area contributed by atoms with Gasteiger partial charge >= 0.3 is 0 Å². The summed E-state index contributed by atoms with van der Waals surface area (Å²) in [5.41, 5.74) is 6.03. The molecular formula is C45H26N4OS. The summed E-state index contributed by atoms with van der Waals surface area (Å²) in [5, 5.41) is 6.59. The van der Waals surface area contributed by atoms with E-state index in [0.29, 0.717) is 22.5 Å². The molecule has 4 aromatic heterocycles. The summed E-state index contributed by atoms with van der Waals surface area (Å²) in [5.74, 6) is 0.581. The van der Waals surface area contributed by atoms with E-state index < -0.39 is 18.1 Å². The molecule has 6 heteroatoms. The number of fused-ring (bicyclic) bond motifs is 9. The van der Waals surface area contributed by atoms with Gasteiger partial charge in [-0.15, -0.1) is 11.3 Å². The van der Waals surface area contributed by atoms with Crippen molar-refractivity contribution in [2.75, 3.05) is 0 Å². The van der Waals surface area contributed by atoms with Crippen molar-refractivity contribution in [3.8, 4) is 39.9 Å². The Morgan fingerprint density at radius 2 is 1.02 bits per heavy atom. The molecule has 51 heavy (non-hydrogen) atoms. The van der Waals surface area contributed by atoms with Crippen LogP contribution in [-0.2, 0) is 0 Å². The fourth-order valence-electron chi connectivity index (χ4n) is 7.22. The second-order valence-corrected chi connectivity index (χ2v) is 13.6. The monoisotopic (exact) mass is 675 g/mol. The molecule has 0 saturated heterocycles. The highest BCUT2D eigenvalue weighted by Gasteiger charge is 2.17. The van der Waals surface area contributed by atoms with Crippen LogP contribution >= 0.6 is 11.3 Å². The average molecular weight is 676 g/mol. The predicted octanol–water partition coefficient (Wildman–Crippen LogP) is 12.2. The van der Waals surface area contributed by atoms with E-state index in [1.807, 2.05) is 54.6 Å². The van der Waals surface area contributed by atoms with Crippen molar-refractivity contribution in [2.24, 2.45) is 0 Å². The molecule has 0 unspecified atom stereocenters. The van der Waals surface area contributed by atoms with Gasteiger partial charge < -0.3 is 8.98 Å². The Bertz CT molecular complexity index is 3380. The first-order chi connectivity index (χ1) is 27.3. The minimum atomic E-state index is -0.481. The van der Waals surface area contributed by atoms with Crippen LogP contribution in [0.5, 0.6) is 0 Å². The Labute approximate surface area is 302 Å². The summed E-state index contributed by atoms with van der Waals surface area (Å²) < 4.78 is 53.0. The van der Waals surface area contributed by atoms with E-state index in [0.717, 1.165) is 53.2 Å². The summed E-state index contributed by atoms with van der Waals surface area (Å²) in [4.78, 5) is 14.5. The number of thiophene rings is 1. The van der Waals surface area contributed by atoms with Crippen LogP contribution in [0, 0.1) is 0 Å². The zero-order chi connectivity index (χ0) is 37.8. The van der Waals surface area contributed by atoms with Crippen LogP contribution in [-0.4, -0.2) is 19.5 Å². The van der Waals surface area contributed by atoms with Gasteiger partial charge in [0.2, 0.25) is 0 Å². The number of furan rings is 1. The smallest absolute Gasteiger partial charge is 0.164 e. The maximum atomic E-state index is 8.73. The van der Waals surface area contributed by atoms with Crippen molar-refractivity contribution in [3.63, 3.8) is 0 Å². The van der Waals surface area contributed by atoms with Crippen LogP contribution in [0.3, 0.4) is 0 Å². The normalized spacial score (nSPS) is 13.3. The van der Waals surface area contributed by atoms with Crippen molar-refractivity contribution in [1.82, 2.24) is 19.5 Å². The molecule has 4 heterocycles. The lowest BCUT2D eigenvalue weighted by Crippen LogP contribution is -2.00. The first kappa shape index (κ1) is 23.7. The molecule has 7 aromatic carbocycles. The van der Waals surface area contributed by atoms with Gasteiger partial charge in [0, 0.05) is 64.1 Å². The number of para-hydroxylation sites is 3. The van der Waals surface area contributed by atoms with E-state index in [1.165, 1.54) is 10.8 Å². The van der Waals surface area contributed by atoms with Gasteiger partial charge in [0.25, 0.3) is 0 Å². The van der Waals surface area contributed by atoms with E-state index >= 15 is 0 Å². The lowest BCUT2D eigenvalue weighted by atomic mass is 10.1. The molecule has 0 aliphatic carbocycles. The minimum Gasteiger partial charge on any atom is -0.456 e. The summed E-state index contributed by atoms with van der Waals surface area (Å²) in [7, 11) is 0. The van der Waals surface area contributed by atoms with Crippen molar-refractivity contribution < 1.29 is 11.3 Å². The topological polar surface area (TPSA) is 56.7 Å². The lowest BCUT2D eigenvalue weighted by Gasteiger charge is -2.09. The fourth-order valence-corrected chi connectivity index (χ4v) is 8.40. The summed E-state index contributed by atoms with van der Waals surface area (Å²) in [6, 6.07) is 41.0. The zero-order valence-electron chi connectivity index (χ0n) is 31.7. The summed E-state index contributed by atoms with van der Waals surface area (Å²) in [6.07, 6.45) is 0. The molecule has 0 spiro atoms. The molecule has 0 fully saturated rings. The Hall–Kier alpha value is -6.63. The molecule has 11 rings (SSSR count). The van der Waals surface area contributed by atoms with E-state index in [2.05, 4.69) is 77.4 Å². The highest BCUT2D eigenvalue weighted by atomic mass is 32.1. The van der Waals surface area contributed by atoms with Crippen molar-refractivity contribution in [1.29, 1.82) is 0 Å². The SMILES string of the molecule is [2H]c1c([2H])c([2H])c(-c2nc(-c3ccc4c(c3)oc3ccccc34)nc(-c3ccc4c(c3)sc3cc(-n5c6ccccc6c6ccccc65)ccc34)n2)c([2H])c1[2H]. The Balaban J connectivity index is 1.09. The third kappa shape index (κ3) is 4.43. The second kappa shape index (κ2) is 10.9. The molecule has 0 aliphatic heterocycles. The molecule has 0 aliphatic rings. The summed E-state index contributed by atoms with van der Waals surface area (Å²) in [6.45, 7) is 0. The van der Waals surface area contributed by atoms with Gasteiger partial charge in [-0.3, -0.25) is 0 Å². The number of aromatic nitrogens is 4. The van der Waals surface area contributed by atoms with Crippen LogP contribution in [0.1, 0.15) is 6.85 Å². The largest absolute Gasteiger partial charge is 0.456 e. The fraction of sp³-hybridized carbons (Fsp3) is 0. The first-order valence-electron chi connectivity index (χ1n) is 19.0. The maximum absolute atomic E-state index is 8.73. The Morgan fingerprint density at radius 3 is 1.75 bits per heavy atom. The van der Waals surface area contributed by atoms with Crippen molar-refractivity contribution >= 4 is 75.3 Å². The standard InChI is InChI=1S/C45H26N4OS/c1-2-10-27(11-3-1)43-46-44(28-18-21-34-33-14-6-9-17-39(33)50-40(34)24-28)48-45(47-43)29-19-22-35-36-23-20-30(26-42(36)51-41(35)25-29)49-37-15-7-4-12-31(37)32-13-5-8-16-38(32)49/h1-26H/i1D,2D,3D,10D,11D. The van der Waals surface area contributed by atoms with Crippen LogP contribution in [0.25, 0.3) is 104 Å². The predicted molar refractivity (Wildman–Crippen MR) is 211 cm³/mol. The van der Waals surface area contributed by atoms with Crippen LogP contribution in [0.4, 0.5) is 0 Å². The highest BCUT2D eigenvalue weighted by molar-refractivity contribution is 7.25. The van der Waals surface area contributed by atoms with Gasteiger partial charge in [0.15, 0.2) is 17.5 Å². The molecular weight excluding hydrogens is 645 g/mol. The number of rotatable bonds is 4. The van der Waals surface area contributed by atoms with E-state index in [-0.39, 0.29) is 29.3 Å². The zero-order valence-corrected chi connectivity index (χ0v) is 27.5. The first-order valence-corrected chi connectivity index (χ1v) is 17.3. The number of hydrogen-bond donors (Lipinski definition) is 0. The van der Waals surface area contributed by atoms with E-state index in [4.69, 9.17) is 26.2 Å². The number of nitrogens with zero attached hydrogens (tertiary/aromatic N) is 4. The third-order valence-electron chi connectivity index (χ3n) is 9.55. The van der Waals surface area contributed by atoms with Crippen LogP contribution < -0.4 is 0 Å². The lowest BCUT2D eigenvalue weighted by molar-refractivity contribution is 0.669. The molecule has 0 saturated carbocycles. The number of benzene rings is 7. The molecule has 5 nitrogen and oxygen atoms in total. The molecule has 0 N–H and O–H groups in total. The summed E-state index contributed by atoms with van der Waals surface area (Å²) >= 11 is 1.68.